The molecule has 0 radical (unpaired) electrons. The van der Waals surface area contributed by atoms with Gasteiger partial charge in [-0.3, -0.25) is 4.79 Å². The molecule has 2 atom stereocenters. The van der Waals surface area contributed by atoms with Crippen molar-refractivity contribution in [2.24, 2.45) is 16.7 Å². The minimum atomic E-state index is -0.605. The van der Waals surface area contributed by atoms with Gasteiger partial charge in [0.05, 0.1) is 18.6 Å². The monoisotopic (exact) mass is 300 g/mol. The fourth-order valence-corrected chi connectivity index (χ4v) is 2.14. The van der Waals surface area contributed by atoms with Crippen molar-refractivity contribution < 1.29 is 14.3 Å². The lowest BCUT2D eigenvalue weighted by molar-refractivity contribution is -0.169. The largest absolute Gasteiger partial charge is 0.465 e. The Morgan fingerprint density at radius 3 is 2.14 bits per heavy atom. The van der Waals surface area contributed by atoms with E-state index in [1.54, 1.807) is 0 Å². The molecule has 0 aliphatic heterocycles. The molecular formula is C18H36O3. The molecule has 0 aromatic carbocycles. The Hall–Kier alpha value is -0.570. The number of esters is 1. The van der Waals surface area contributed by atoms with Crippen LogP contribution in [0.25, 0.3) is 0 Å². The zero-order chi connectivity index (χ0) is 16.5. The second-order valence-corrected chi connectivity index (χ2v) is 7.23. The van der Waals surface area contributed by atoms with Crippen LogP contribution in [-0.4, -0.2) is 25.8 Å². The average molecular weight is 300 g/mol. The molecule has 0 aliphatic rings. The predicted octanol–water partition coefficient (Wildman–Crippen LogP) is 4.83. The molecule has 0 amide bonds. The number of carbonyl (C=O) groups excluding carboxylic acids is 1. The average Bonchev–Trinajstić information content (AvgIpc) is 2.43. The van der Waals surface area contributed by atoms with Gasteiger partial charge in [-0.2, -0.15) is 0 Å². The topological polar surface area (TPSA) is 35.5 Å². The van der Waals surface area contributed by atoms with E-state index in [0.717, 1.165) is 12.8 Å². The zero-order valence-corrected chi connectivity index (χ0v) is 15.3. The minimum Gasteiger partial charge on any atom is -0.465 e. The van der Waals surface area contributed by atoms with Crippen molar-refractivity contribution in [3.8, 4) is 0 Å². The summed E-state index contributed by atoms with van der Waals surface area (Å²) in [6.07, 6.45) is 4.59. The van der Waals surface area contributed by atoms with Crippen LogP contribution < -0.4 is 0 Å². The fraction of sp³-hybridized carbons (Fsp3) is 0.944. The normalized spacial score (nSPS) is 16.3. The summed E-state index contributed by atoms with van der Waals surface area (Å²) in [7, 11) is 0. The van der Waals surface area contributed by atoms with Gasteiger partial charge < -0.3 is 9.47 Å². The number of unbranched alkanes of at least 4 members (excludes halogenated alkanes) is 1. The third-order valence-electron chi connectivity index (χ3n) is 4.69. The quantitative estimate of drug-likeness (QED) is 0.542. The van der Waals surface area contributed by atoms with Gasteiger partial charge in [0.25, 0.3) is 0 Å². The smallest absolute Gasteiger partial charge is 0.314 e. The van der Waals surface area contributed by atoms with Gasteiger partial charge in [0, 0.05) is 6.61 Å². The summed E-state index contributed by atoms with van der Waals surface area (Å²) in [6.45, 7) is 16.0. The first kappa shape index (κ1) is 20.4. The summed E-state index contributed by atoms with van der Waals surface area (Å²) in [6, 6.07) is 0. The molecule has 0 rings (SSSR count). The summed E-state index contributed by atoms with van der Waals surface area (Å²) < 4.78 is 11.2. The first-order valence-electron chi connectivity index (χ1n) is 8.47. The Bertz CT molecular complexity index is 293. The maximum atomic E-state index is 12.6. The lowest BCUT2D eigenvalue weighted by Gasteiger charge is -2.39. The van der Waals surface area contributed by atoms with Crippen LogP contribution in [0.2, 0.25) is 0 Å². The lowest BCUT2D eigenvalue weighted by atomic mass is 9.68. The first-order valence-corrected chi connectivity index (χ1v) is 8.47. The molecule has 0 fully saturated rings. The van der Waals surface area contributed by atoms with Gasteiger partial charge in [-0.05, 0) is 31.6 Å². The Kier molecular flexibility index (Phi) is 9.19. The Balaban J connectivity index is 4.68. The molecule has 21 heavy (non-hydrogen) atoms. The molecule has 0 spiro atoms. The van der Waals surface area contributed by atoms with E-state index >= 15 is 0 Å². The molecule has 0 N–H and O–H groups in total. The van der Waals surface area contributed by atoms with Crippen molar-refractivity contribution in [2.45, 2.75) is 74.1 Å². The molecule has 0 saturated carbocycles. The van der Waals surface area contributed by atoms with E-state index < -0.39 is 5.41 Å². The fourth-order valence-electron chi connectivity index (χ4n) is 2.14. The molecule has 0 aliphatic carbocycles. The van der Waals surface area contributed by atoms with Crippen LogP contribution in [0.1, 0.15) is 74.1 Å². The minimum absolute atomic E-state index is 0.126. The number of hydrogen-bond acceptors (Lipinski definition) is 3. The molecular weight excluding hydrogens is 264 g/mol. The van der Waals surface area contributed by atoms with Gasteiger partial charge in [0.2, 0.25) is 0 Å². The molecule has 0 aromatic heterocycles. The first-order chi connectivity index (χ1) is 9.72. The number of carbonyl (C=O) groups is 1. The summed E-state index contributed by atoms with van der Waals surface area (Å²) >= 11 is 0. The third-order valence-corrected chi connectivity index (χ3v) is 4.69. The summed E-state index contributed by atoms with van der Waals surface area (Å²) in [5, 5.41) is 0. The molecule has 0 saturated heterocycles. The van der Waals surface area contributed by atoms with Gasteiger partial charge >= 0.3 is 5.97 Å². The molecule has 3 nitrogen and oxygen atoms in total. The van der Waals surface area contributed by atoms with E-state index in [4.69, 9.17) is 9.47 Å². The number of rotatable bonds is 10. The highest BCUT2D eigenvalue weighted by molar-refractivity contribution is 5.77. The van der Waals surface area contributed by atoms with E-state index in [2.05, 4.69) is 34.6 Å². The zero-order valence-electron chi connectivity index (χ0n) is 15.3. The van der Waals surface area contributed by atoms with E-state index in [9.17, 15) is 4.79 Å². The Morgan fingerprint density at radius 2 is 1.71 bits per heavy atom. The van der Waals surface area contributed by atoms with E-state index in [1.807, 2.05) is 13.8 Å². The summed E-state index contributed by atoms with van der Waals surface area (Å²) in [5.74, 6) is 0.351. The van der Waals surface area contributed by atoms with Crippen molar-refractivity contribution >= 4 is 5.97 Å². The van der Waals surface area contributed by atoms with Crippen LogP contribution >= 0.6 is 0 Å². The van der Waals surface area contributed by atoms with E-state index in [1.165, 1.54) is 12.8 Å². The van der Waals surface area contributed by atoms with Crippen LogP contribution in [-0.2, 0) is 14.3 Å². The van der Waals surface area contributed by atoms with E-state index in [0.29, 0.717) is 25.7 Å². The lowest BCUT2D eigenvalue weighted by Crippen LogP contribution is -2.45. The van der Waals surface area contributed by atoms with Crippen molar-refractivity contribution in [3.05, 3.63) is 0 Å². The number of hydrogen-bond donors (Lipinski definition) is 0. The molecule has 2 unspecified atom stereocenters. The summed E-state index contributed by atoms with van der Waals surface area (Å²) in [5.41, 5.74) is -0.795. The van der Waals surface area contributed by atoms with Gasteiger partial charge in [0.1, 0.15) is 0 Å². The maximum Gasteiger partial charge on any atom is 0.314 e. The highest BCUT2D eigenvalue weighted by atomic mass is 16.5. The van der Waals surface area contributed by atoms with Crippen molar-refractivity contribution in [3.63, 3.8) is 0 Å². The highest BCUT2D eigenvalue weighted by Gasteiger charge is 2.46. The van der Waals surface area contributed by atoms with Gasteiger partial charge in [-0.15, -0.1) is 0 Å². The standard InChI is InChI=1S/C18H36O3/c1-8-11-12-15(9-2)13-21-16(19)18(7,14-20-10-3)17(4,5)6/h15H,8-14H2,1-7H3. The van der Waals surface area contributed by atoms with Gasteiger partial charge in [-0.25, -0.2) is 0 Å². The molecule has 126 valence electrons. The van der Waals surface area contributed by atoms with Crippen LogP contribution in [0.5, 0.6) is 0 Å². The van der Waals surface area contributed by atoms with Crippen LogP contribution in [0.3, 0.4) is 0 Å². The molecule has 0 bridgehead atoms. The molecule has 0 aromatic rings. The summed E-state index contributed by atoms with van der Waals surface area (Å²) in [4.78, 5) is 12.6. The maximum absolute atomic E-state index is 12.6. The van der Waals surface area contributed by atoms with Crippen molar-refractivity contribution in [1.82, 2.24) is 0 Å². The SMILES string of the molecule is CCCCC(CC)COC(=O)C(C)(COCC)C(C)(C)C. The Labute approximate surface area is 131 Å². The molecule has 3 heteroatoms. The second kappa shape index (κ2) is 9.45. The van der Waals surface area contributed by atoms with Crippen LogP contribution in [0, 0.1) is 16.7 Å². The van der Waals surface area contributed by atoms with Gasteiger partial charge in [0.15, 0.2) is 0 Å². The van der Waals surface area contributed by atoms with Crippen molar-refractivity contribution in [1.29, 1.82) is 0 Å². The molecule has 0 heterocycles. The predicted molar refractivity (Wildman–Crippen MR) is 88.3 cm³/mol. The second-order valence-electron chi connectivity index (χ2n) is 7.23. The third kappa shape index (κ3) is 6.37. The van der Waals surface area contributed by atoms with Crippen molar-refractivity contribution in [2.75, 3.05) is 19.8 Å². The number of ether oxygens (including phenoxy) is 2. The van der Waals surface area contributed by atoms with Crippen LogP contribution in [0.4, 0.5) is 0 Å². The van der Waals surface area contributed by atoms with Crippen LogP contribution in [0.15, 0.2) is 0 Å². The highest BCUT2D eigenvalue weighted by Crippen LogP contribution is 2.40. The van der Waals surface area contributed by atoms with Gasteiger partial charge in [-0.1, -0.05) is 53.9 Å². The van der Waals surface area contributed by atoms with E-state index in [-0.39, 0.29) is 11.4 Å². The Morgan fingerprint density at radius 1 is 1.10 bits per heavy atom.